The van der Waals surface area contributed by atoms with Crippen LogP contribution in [0.25, 0.3) is 44.7 Å². The number of fused-ring (bicyclic) bond motifs is 2. The summed E-state index contributed by atoms with van der Waals surface area (Å²) in [5, 5.41) is 10.8. The molecule has 5 aromatic rings. The number of hydrogen-bond donors (Lipinski definition) is 4. The number of benzene rings is 3. The van der Waals surface area contributed by atoms with E-state index in [1.165, 1.54) is 52.0 Å². The number of rotatable bonds is 18. The average molecular weight is 773 g/mol. The smallest absolute Gasteiger partial charge is 0.347 e. The normalized spacial score (nSPS) is 10.8. The molecule has 0 saturated heterocycles. The monoisotopic (exact) mass is 772 g/mol. The average Bonchev–Trinajstić information content (AvgIpc) is 3.15. The van der Waals surface area contributed by atoms with Gasteiger partial charge in [0, 0.05) is 63.1 Å². The van der Waals surface area contributed by atoms with Gasteiger partial charge >= 0.3 is 11.3 Å². The lowest BCUT2D eigenvalue weighted by molar-refractivity contribution is -0.119. The summed E-state index contributed by atoms with van der Waals surface area (Å²) in [7, 11) is 0. The Morgan fingerprint density at radius 2 is 0.786 bits per heavy atom. The van der Waals surface area contributed by atoms with Crippen molar-refractivity contribution in [3.8, 4) is 45.9 Å². The molecule has 0 aliphatic rings. The van der Waals surface area contributed by atoms with Crippen LogP contribution in [-0.4, -0.2) is 86.2 Å². The lowest BCUT2D eigenvalue weighted by Crippen LogP contribution is -2.26. The van der Waals surface area contributed by atoms with Gasteiger partial charge in [0.05, 0.1) is 48.0 Å². The predicted octanol–water partition coefficient (Wildman–Crippen LogP) is 2.08. The molecule has 4 amide bonds. The Morgan fingerprint density at radius 3 is 1.07 bits per heavy atom. The van der Waals surface area contributed by atoms with Crippen LogP contribution in [0.4, 0.5) is 0 Å². The number of ether oxygens (including phenoxy) is 4. The molecule has 0 saturated carbocycles. The standard InChI is InChI=1S/C38H40N6O12/c1-21(45)39-9-13-51-31-17-27-29(19-33(31)53-15-11-41-23(3)47)43-35(55-37(27)49)25-5-7-26(8-6-25)36-44-30-20-34(54-16-12-42-24(4)48)32(18-28(30)38(50)56-36)52-14-10-40-22(2)46/h5-8,17-20H,9-16H2,1-4H3,(H,39,45)(H,40,46)(H,41,47)(H,42,48). The Balaban J connectivity index is 1.41. The van der Waals surface area contributed by atoms with Crippen molar-refractivity contribution < 1.29 is 47.0 Å². The lowest BCUT2D eigenvalue weighted by atomic mass is 10.1. The summed E-state index contributed by atoms with van der Waals surface area (Å²) >= 11 is 0. The summed E-state index contributed by atoms with van der Waals surface area (Å²) in [5.74, 6) is 0.0487. The van der Waals surface area contributed by atoms with Crippen molar-refractivity contribution in [2.75, 3.05) is 52.6 Å². The van der Waals surface area contributed by atoms with E-state index in [9.17, 15) is 28.8 Å². The molecule has 2 aromatic heterocycles. The third kappa shape index (κ3) is 11.0. The predicted molar refractivity (Wildman–Crippen MR) is 202 cm³/mol. The molecule has 0 unspecified atom stereocenters. The van der Waals surface area contributed by atoms with Crippen molar-refractivity contribution in [2.24, 2.45) is 0 Å². The van der Waals surface area contributed by atoms with E-state index in [0.29, 0.717) is 11.1 Å². The molecular weight excluding hydrogens is 732 g/mol. The topological polar surface area (TPSA) is 240 Å². The Bertz CT molecular complexity index is 2190. The third-order valence-electron chi connectivity index (χ3n) is 7.70. The molecule has 0 aliphatic heterocycles. The summed E-state index contributed by atoms with van der Waals surface area (Å²) in [5.41, 5.74) is -0.0339. The van der Waals surface area contributed by atoms with E-state index in [-0.39, 0.29) is 133 Å². The molecule has 56 heavy (non-hydrogen) atoms. The van der Waals surface area contributed by atoms with Crippen LogP contribution in [-0.2, 0) is 19.2 Å². The molecule has 0 bridgehead atoms. The number of carbonyl (C=O) groups excluding carboxylic acids is 4. The van der Waals surface area contributed by atoms with Crippen molar-refractivity contribution in [3.05, 3.63) is 69.4 Å². The SMILES string of the molecule is CC(=O)NCCOc1cc2nc(-c3ccc(-c4nc5cc(OCCNC(C)=O)c(OCCNC(C)=O)cc5c(=O)o4)cc3)oc(=O)c2cc1OCCNC(C)=O. The van der Waals surface area contributed by atoms with Crippen LogP contribution in [0.1, 0.15) is 27.7 Å². The van der Waals surface area contributed by atoms with E-state index in [0.717, 1.165) is 0 Å². The summed E-state index contributed by atoms with van der Waals surface area (Å²) in [4.78, 5) is 80.6. The van der Waals surface area contributed by atoms with Gasteiger partial charge in [0.1, 0.15) is 26.4 Å². The third-order valence-corrected chi connectivity index (χ3v) is 7.70. The molecule has 4 N–H and O–H groups in total. The van der Waals surface area contributed by atoms with Crippen LogP contribution in [0.2, 0.25) is 0 Å². The Labute approximate surface area is 318 Å². The molecule has 0 radical (unpaired) electrons. The number of amides is 4. The molecule has 0 spiro atoms. The maximum Gasteiger partial charge on any atom is 0.347 e. The highest BCUT2D eigenvalue weighted by Crippen LogP contribution is 2.34. The highest BCUT2D eigenvalue weighted by atomic mass is 16.5. The van der Waals surface area contributed by atoms with E-state index < -0.39 is 11.3 Å². The molecule has 294 valence electrons. The summed E-state index contributed by atoms with van der Waals surface area (Å²) in [6.07, 6.45) is 0. The van der Waals surface area contributed by atoms with E-state index in [1.807, 2.05) is 0 Å². The summed E-state index contributed by atoms with van der Waals surface area (Å²) in [6.45, 7) is 6.79. The van der Waals surface area contributed by atoms with E-state index in [4.69, 9.17) is 27.8 Å². The largest absolute Gasteiger partial charge is 0.488 e. The molecule has 2 heterocycles. The van der Waals surface area contributed by atoms with Gasteiger partial charge in [0.15, 0.2) is 23.0 Å². The van der Waals surface area contributed by atoms with Gasteiger partial charge < -0.3 is 49.0 Å². The van der Waals surface area contributed by atoms with Gasteiger partial charge in [-0.1, -0.05) is 0 Å². The molecule has 3 aromatic carbocycles. The summed E-state index contributed by atoms with van der Waals surface area (Å²) in [6, 6.07) is 12.4. The molecule has 5 rings (SSSR count). The first-order valence-corrected chi connectivity index (χ1v) is 17.5. The Morgan fingerprint density at radius 1 is 0.500 bits per heavy atom. The second-order valence-electron chi connectivity index (χ2n) is 12.1. The first-order chi connectivity index (χ1) is 26.9. The summed E-state index contributed by atoms with van der Waals surface area (Å²) < 4.78 is 34.4. The van der Waals surface area contributed by atoms with Crippen LogP contribution >= 0.6 is 0 Å². The van der Waals surface area contributed by atoms with E-state index in [1.54, 1.807) is 24.3 Å². The molecular formula is C38H40N6O12. The maximum atomic E-state index is 13.2. The minimum absolute atomic E-state index is 0.00224. The zero-order valence-corrected chi connectivity index (χ0v) is 31.1. The van der Waals surface area contributed by atoms with Crippen molar-refractivity contribution >= 4 is 45.4 Å². The minimum atomic E-state index is -0.693. The highest BCUT2D eigenvalue weighted by Gasteiger charge is 2.18. The first-order valence-electron chi connectivity index (χ1n) is 17.5. The van der Waals surface area contributed by atoms with E-state index >= 15 is 0 Å². The fraction of sp³-hybridized carbons (Fsp3) is 0.316. The minimum Gasteiger partial charge on any atom is -0.488 e. The molecule has 18 nitrogen and oxygen atoms in total. The number of nitrogens with zero attached hydrogens (tertiary/aromatic N) is 2. The number of hydrogen-bond acceptors (Lipinski definition) is 14. The fourth-order valence-electron chi connectivity index (χ4n) is 5.17. The fourth-order valence-corrected chi connectivity index (χ4v) is 5.17. The van der Waals surface area contributed by atoms with Gasteiger partial charge in [-0.25, -0.2) is 19.6 Å². The second kappa shape index (κ2) is 18.9. The number of carbonyl (C=O) groups is 4. The van der Waals surface area contributed by atoms with Crippen LogP contribution in [0.5, 0.6) is 23.0 Å². The Kier molecular flexibility index (Phi) is 13.5. The zero-order valence-electron chi connectivity index (χ0n) is 31.1. The van der Waals surface area contributed by atoms with Crippen molar-refractivity contribution in [1.29, 1.82) is 0 Å². The van der Waals surface area contributed by atoms with Gasteiger partial charge in [-0.15, -0.1) is 0 Å². The van der Waals surface area contributed by atoms with Crippen LogP contribution in [0.3, 0.4) is 0 Å². The molecule has 0 aliphatic carbocycles. The van der Waals surface area contributed by atoms with Crippen molar-refractivity contribution in [3.63, 3.8) is 0 Å². The van der Waals surface area contributed by atoms with Gasteiger partial charge in [0.25, 0.3) is 0 Å². The Hall–Kier alpha value is -6.98. The van der Waals surface area contributed by atoms with Crippen LogP contribution in [0.15, 0.2) is 67.0 Å². The van der Waals surface area contributed by atoms with Gasteiger partial charge in [-0.2, -0.15) is 0 Å². The zero-order chi connectivity index (χ0) is 40.2. The first kappa shape index (κ1) is 40.2. The van der Waals surface area contributed by atoms with Crippen molar-refractivity contribution in [2.45, 2.75) is 27.7 Å². The number of aromatic nitrogens is 2. The quantitative estimate of drug-likeness (QED) is 0.0934. The molecule has 0 fully saturated rings. The number of nitrogens with one attached hydrogen (secondary N) is 4. The van der Waals surface area contributed by atoms with Gasteiger partial charge in [0.2, 0.25) is 35.4 Å². The lowest BCUT2D eigenvalue weighted by Gasteiger charge is -2.14. The molecule has 0 atom stereocenters. The van der Waals surface area contributed by atoms with E-state index in [2.05, 4.69) is 31.2 Å². The maximum absolute atomic E-state index is 13.2. The van der Waals surface area contributed by atoms with Crippen LogP contribution < -0.4 is 51.5 Å². The highest BCUT2D eigenvalue weighted by molar-refractivity contribution is 5.84. The van der Waals surface area contributed by atoms with Gasteiger partial charge in [-0.05, 0) is 24.3 Å². The van der Waals surface area contributed by atoms with Crippen molar-refractivity contribution in [1.82, 2.24) is 31.2 Å². The van der Waals surface area contributed by atoms with Gasteiger partial charge in [-0.3, -0.25) is 19.2 Å². The van der Waals surface area contributed by atoms with Crippen LogP contribution in [0, 0.1) is 0 Å². The molecule has 18 heteroatoms. The second-order valence-corrected chi connectivity index (χ2v) is 12.1.